The third-order valence-electron chi connectivity index (χ3n) is 6.00. The average Bonchev–Trinajstić information content (AvgIpc) is 3.20. The molecule has 11 nitrogen and oxygen atoms in total. The van der Waals surface area contributed by atoms with E-state index in [2.05, 4.69) is 29.9 Å². The number of aryl methyl sites for hydroxylation is 1. The first-order valence-corrected chi connectivity index (χ1v) is 11.9. The molecule has 12 heteroatoms. The maximum Gasteiger partial charge on any atom is 0.325 e. The normalized spacial score (nSPS) is 22.6. The summed E-state index contributed by atoms with van der Waals surface area (Å²) in [5.41, 5.74) is 6.96. The number of fused-ring (bicyclic) bond motifs is 1. The molecule has 1 saturated heterocycles. The SMILES string of the molecule is Cc1nsc2nc(NC(C=NCC(=O)O)=CN)nc(NC3CCC(N4CCOCC4)CC3)c12. The summed E-state index contributed by atoms with van der Waals surface area (Å²) in [5.74, 6) is 0.0896. The lowest BCUT2D eigenvalue weighted by atomic mass is 9.90. The summed E-state index contributed by atoms with van der Waals surface area (Å²) in [6.45, 7) is 5.33. The van der Waals surface area contributed by atoms with Crippen molar-refractivity contribution in [2.75, 3.05) is 43.5 Å². The molecule has 1 aliphatic carbocycles. The van der Waals surface area contributed by atoms with Gasteiger partial charge in [-0.3, -0.25) is 14.7 Å². The number of hydrogen-bond acceptors (Lipinski definition) is 11. The Balaban J connectivity index is 1.46. The van der Waals surface area contributed by atoms with Gasteiger partial charge in [-0.1, -0.05) is 0 Å². The van der Waals surface area contributed by atoms with Crippen LogP contribution in [0.4, 0.5) is 11.8 Å². The molecule has 0 aromatic carbocycles. The molecule has 2 aromatic rings. The molecule has 2 fully saturated rings. The van der Waals surface area contributed by atoms with Crippen molar-refractivity contribution < 1.29 is 14.6 Å². The van der Waals surface area contributed by atoms with Crippen LogP contribution < -0.4 is 16.4 Å². The third-order valence-corrected chi connectivity index (χ3v) is 6.83. The minimum absolute atomic E-state index is 0.328. The number of aliphatic carboxylic acids is 1. The van der Waals surface area contributed by atoms with Crippen LogP contribution in [0.5, 0.6) is 0 Å². The number of nitrogens with one attached hydrogen (secondary N) is 2. The van der Waals surface area contributed by atoms with Crippen molar-refractivity contribution in [3.8, 4) is 0 Å². The van der Waals surface area contributed by atoms with Gasteiger partial charge < -0.3 is 26.2 Å². The number of nitrogens with zero attached hydrogens (tertiary/aromatic N) is 5. The first-order valence-electron chi connectivity index (χ1n) is 11.2. The van der Waals surface area contributed by atoms with Crippen molar-refractivity contribution in [3.63, 3.8) is 0 Å². The molecule has 1 aliphatic heterocycles. The molecular weight excluding hydrogens is 444 g/mol. The molecule has 3 heterocycles. The minimum atomic E-state index is -1.02. The zero-order valence-corrected chi connectivity index (χ0v) is 19.5. The Morgan fingerprint density at radius 3 is 2.76 bits per heavy atom. The number of aliphatic imine (C=N–C) groups is 1. The smallest absolute Gasteiger partial charge is 0.325 e. The zero-order valence-electron chi connectivity index (χ0n) is 18.7. The van der Waals surface area contributed by atoms with Crippen molar-refractivity contribution in [1.29, 1.82) is 0 Å². The van der Waals surface area contributed by atoms with Crippen LogP contribution in [0.3, 0.4) is 0 Å². The molecule has 0 spiro atoms. The zero-order chi connectivity index (χ0) is 23.2. The summed E-state index contributed by atoms with van der Waals surface area (Å²) in [6.07, 6.45) is 7.11. The van der Waals surface area contributed by atoms with E-state index >= 15 is 0 Å². The van der Waals surface area contributed by atoms with Crippen LogP contribution in [0.2, 0.25) is 0 Å². The Bertz CT molecular complexity index is 1030. The highest BCUT2D eigenvalue weighted by molar-refractivity contribution is 7.13. The van der Waals surface area contributed by atoms with E-state index in [0.29, 0.717) is 23.7 Å². The number of carboxylic acid groups (broad SMARTS) is 1. The molecule has 0 atom stereocenters. The van der Waals surface area contributed by atoms with E-state index in [1.54, 1.807) is 0 Å². The summed E-state index contributed by atoms with van der Waals surface area (Å²) < 4.78 is 9.94. The Morgan fingerprint density at radius 2 is 2.06 bits per heavy atom. The highest BCUT2D eigenvalue weighted by atomic mass is 32.1. The predicted octanol–water partition coefficient (Wildman–Crippen LogP) is 1.82. The summed E-state index contributed by atoms with van der Waals surface area (Å²) in [6, 6.07) is 0.954. The summed E-state index contributed by atoms with van der Waals surface area (Å²) in [4.78, 5) is 27.1. The molecule has 178 valence electrons. The van der Waals surface area contributed by atoms with Crippen LogP contribution >= 0.6 is 11.5 Å². The second kappa shape index (κ2) is 10.9. The van der Waals surface area contributed by atoms with E-state index < -0.39 is 5.97 Å². The van der Waals surface area contributed by atoms with Crippen molar-refractivity contribution in [2.24, 2.45) is 10.7 Å². The van der Waals surface area contributed by atoms with Crippen molar-refractivity contribution >= 4 is 45.7 Å². The molecule has 0 amide bonds. The lowest BCUT2D eigenvalue weighted by Gasteiger charge is -2.39. The molecule has 0 unspecified atom stereocenters. The second-order valence-electron chi connectivity index (χ2n) is 8.25. The fraction of sp³-hybridized carbons (Fsp3) is 0.571. The molecule has 1 saturated carbocycles. The number of carbonyl (C=O) groups is 1. The van der Waals surface area contributed by atoms with Gasteiger partial charge in [-0.15, -0.1) is 0 Å². The lowest BCUT2D eigenvalue weighted by molar-refractivity contribution is -0.135. The molecule has 0 radical (unpaired) electrons. The van der Waals surface area contributed by atoms with Gasteiger partial charge in [0.1, 0.15) is 12.4 Å². The van der Waals surface area contributed by atoms with Crippen molar-refractivity contribution in [3.05, 3.63) is 17.6 Å². The number of rotatable bonds is 8. The van der Waals surface area contributed by atoms with Crippen LogP contribution in [0.1, 0.15) is 31.4 Å². The van der Waals surface area contributed by atoms with E-state index in [4.69, 9.17) is 20.6 Å². The van der Waals surface area contributed by atoms with E-state index in [1.807, 2.05) is 6.92 Å². The molecule has 33 heavy (non-hydrogen) atoms. The minimum Gasteiger partial charge on any atom is -0.480 e. The van der Waals surface area contributed by atoms with Crippen LogP contribution in [0, 0.1) is 6.92 Å². The van der Waals surface area contributed by atoms with Crippen molar-refractivity contribution in [1.82, 2.24) is 19.2 Å². The summed E-state index contributed by atoms with van der Waals surface area (Å²) >= 11 is 1.32. The lowest BCUT2D eigenvalue weighted by Crippen LogP contribution is -2.46. The molecule has 0 bridgehead atoms. The Labute approximate surface area is 196 Å². The van der Waals surface area contributed by atoms with E-state index in [9.17, 15) is 4.79 Å². The highest BCUT2D eigenvalue weighted by Gasteiger charge is 2.27. The Morgan fingerprint density at radius 1 is 1.30 bits per heavy atom. The summed E-state index contributed by atoms with van der Waals surface area (Å²) in [5, 5.41) is 16.3. The Hall–Kier alpha value is -2.83. The standard InChI is InChI=1S/C21H30N8O3S/c1-13-18-19(24-14-2-4-16(5-3-14)29-6-8-32-9-7-29)26-21(27-20(18)33-28-13)25-15(10-22)11-23-12-17(30)31/h10-11,14,16H,2-9,12,22H2,1H3,(H,30,31)(H2,24,25,26,27). The quantitative estimate of drug-likeness (QED) is 0.417. The number of hydrogen-bond donors (Lipinski definition) is 4. The number of morpholine rings is 1. The number of anilines is 2. The third kappa shape index (κ3) is 5.95. The maximum atomic E-state index is 10.7. The fourth-order valence-electron chi connectivity index (χ4n) is 4.34. The second-order valence-corrected chi connectivity index (χ2v) is 9.00. The van der Waals surface area contributed by atoms with Gasteiger partial charge >= 0.3 is 5.97 Å². The van der Waals surface area contributed by atoms with Crippen LogP contribution in [-0.4, -0.2) is 81.5 Å². The maximum absolute atomic E-state index is 10.7. The van der Waals surface area contributed by atoms with E-state index in [1.165, 1.54) is 23.9 Å². The largest absolute Gasteiger partial charge is 0.480 e. The van der Waals surface area contributed by atoms with Gasteiger partial charge in [0, 0.05) is 37.6 Å². The van der Waals surface area contributed by atoms with E-state index in [0.717, 1.165) is 73.7 Å². The molecule has 4 rings (SSSR count). The fourth-order valence-corrected chi connectivity index (χ4v) is 5.12. The van der Waals surface area contributed by atoms with Gasteiger partial charge in [0.2, 0.25) is 5.95 Å². The number of carboxylic acids is 1. The van der Waals surface area contributed by atoms with Gasteiger partial charge in [-0.05, 0) is 44.1 Å². The van der Waals surface area contributed by atoms with Gasteiger partial charge in [0.25, 0.3) is 0 Å². The molecule has 2 aromatic heterocycles. The number of aromatic nitrogens is 3. The van der Waals surface area contributed by atoms with Crippen LogP contribution in [0.15, 0.2) is 16.9 Å². The van der Waals surface area contributed by atoms with Crippen LogP contribution in [-0.2, 0) is 9.53 Å². The monoisotopic (exact) mass is 474 g/mol. The first-order chi connectivity index (χ1) is 16.0. The van der Waals surface area contributed by atoms with Gasteiger partial charge in [0.05, 0.1) is 30.0 Å². The Kier molecular flexibility index (Phi) is 7.68. The van der Waals surface area contributed by atoms with Gasteiger partial charge in [-0.25, -0.2) is 0 Å². The van der Waals surface area contributed by atoms with Crippen LogP contribution in [0.25, 0.3) is 10.2 Å². The summed E-state index contributed by atoms with van der Waals surface area (Å²) in [7, 11) is 0. The predicted molar refractivity (Wildman–Crippen MR) is 129 cm³/mol. The van der Waals surface area contributed by atoms with Gasteiger partial charge in [0.15, 0.2) is 4.83 Å². The number of ether oxygens (including phenoxy) is 1. The topological polar surface area (TPSA) is 151 Å². The molecular formula is C21H30N8O3S. The van der Waals surface area contributed by atoms with Crippen molar-refractivity contribution in [2.45, 2.75) is 44.7 Å². The first kappa shape index (κ1) is 23.3. The molecule has 5 N–H and O–H groups in total. The average molecular weight is 475 g/mol. The molecule has 2 aliphatic rings. The van der Waals surface area contributed by atoms with Gasteiger partial charge in [-0.2, -0.15) is 14.3 Å². The number of allylic oxidation sites excluding steroid dienone is 1. The highest BCUT2D eigenvalue weighted by Crippen LogP contribution is 2.31. The number of nitrogens with two attached hydrogens (primary N) is 1. The van der Waals surface area contributed by atoms with E-state index in [-0.39, 0.29) is 6.54 Å².